The van der Waals surface area contributed by atoms with Gasteiger partial charge in [0.15, 0.2) is 11.5 Å². The van der Waals surface area contributed by atoms with Crippen LogP contribution in [0.15, 0.2) is 48.5 Å². The van der Waals surface area contributed by atoms with E-state index in [2.05, 4.69) is 207 Å². The molecule has 0 amide bonds. The minimum absolute atomic E-state index is 0.0113. The van der Waals surface area contributed by atoms with Gasteiger partial charge in [-0.1, -0.05) is 179 Å². The molecule has 0 N–H and O–H groups in total. The summed E-state index contributed by atoms with van der Waals surface area (Å²) in [5.41, 5.74) is 10.4. The van der Waals surface area contributed by atoms with Crippen LogP contribution in [0.2, 0.25) is 0 Å². The SMILES string of the molecule is C1CCC([PH+](C2CCCCC2)C2CCCCC2)CC1.CC(C)(C)c1c[c-]c(O[PH+](Oc2ccc(C(C)(C)C)cc2C(C)(C)C)Oc2ccc(C(C)(C)C)cc2C(C)(C)C)c(C(C)(C)C)c1.[Cl][Pd+]. The van der Waals surface area contributed by atoms with Gasteiger partial charge >= 0.3 is 36.3 Å². The van der Waals surface area contributed by atoms with Crippen LogP contribution in [0.4, 0.5) is 0 Å². The Morgan fingerprint density at radius 3 is 1.03 bits per heavy atom. The Kier molecular flexibility index (Phi) is 21.4. The third kappa shape index (κ3) is 17.3. The summed E-state index contributed by atoms with van der Waals surface area (Å²) in [5, 5.41) is 0. The Morgan fingerprint density at radius 1 is 0.418 bits per heavy atom. The van der Waals surface area contributed by atoms with Crippen molar-refractivity contribution in [2.75, 3.05) is 0 Å². The monoisotopic (exact) mass is 1070 g/mol. The number of halogens is 1. The first kappa shape index (κ1) is 58.4. The van der Waals surface area contributed by atoms with Crippen LogP contribution in [-0.4, -0.2) is 17.0 Å². The fourth-order valence-electron chi connectivity index (χ4n) is 10.5. The van der Waals surface area contributed by atoms with Crippen molar-refractivity contribution >= 4 is 26.1 Å². The maximum atomic E-state index is 6.92. The van der Waals surface area contributed by atoms with Crippen molar-refractivity contribution in [1.82, 2.24) is 0 Å². The molecule has 0 spiro atoms. The Hall–Kier alpha value is -1.13. The molecule has 3 fully saturated rings. The van der Waals surface area contributed by atoms with E-state index in [1.807, 2.05) is 0 Å². The first-order valence-corrected chi connectivity index (χ1v) is 31.2. The Morgan fingerprint density at radius 2 is 0.731 bits per heavy atom. The van der Waals surface area contributed by atoms with E-state index >= 15 is 0 Å². The van der Waals surface area contributed by atoms with Gasteiger partial charge in [0, 0.05) is 19.0 Å². The molecule has 3 aromatic rings. The molecule has 67 heavy (non-hydrogen) atoms. The van der Waals surface area contributed by atoms with Gasteiger partial charge < -0.3 is 0 Å². The topological polar surface area (TPSA) is 27.7 Å². The molecule has 6 rings (SSSR count). The molecule has 0 unspecified atom stereocenters. The summed E-state index contributed by atoms with van der Waals surface area (Å²) in [6.07, 6.45) is 23.8. The summed E-state index contributed by atoms with van der Waals surface area (Å²) in [4.78, 5) is 0. The van der Waals surface area contributed by atoms with Crippen LogP contribution < -0.4 is 13.6 Å². The number of hydrogen-bond acceptors (Lipinski definition) is 3. The van der Waals surface area contributed by atoms with Gasteiger partial charge in [0.25, 0.3) is 0 Å². The normalized spacial score (nSPS) is 17.7. The van der Waals surface area contributed by atoms with Gasteiger partial charge in [-0.05, 0) is 122 Å². The van der Waals surface area contributed by atoms with Crippen LogP contribution in [0.5, 0.6) is 17.2 Å². The molecule has 3 aliphatic rings. The fourth-order valence-corrected chi connectivity index (χ4v) is 16.9. The summed E-state index contributed by atoms with van der Waals surface area (Å²) >= 11 is 2.22. The zero-order valence-electron chi connectivity index (χ0n) is 45.9. The molecule has 3 aliphatic carbocycles. The predicted octanol–water partition coefficient (Wildman–Crippen LogP) is 19.7. The Bertz CT molecular complexity index is 1740. The Balaban J connectivity index is 0.000000383. The van der Waals surface area contributed by atoms with Gasteiger partial charge in [0.1, 0.15) is 0 Å². The standard InChI is InChI=1S/C42H63O3P.C18H33P.ClH.Pd/c1-37(2,3)28-19-22-34(31(25-28)40(10,11)12)43-46(44-35-23-20-29(38(4,5)6)26-32(35)41(13,14)15)45-36-24-21-30(39(7,8)9)27-33(36)42(16,17)18;1-4-10-16(11-5-1)19(17-12-6-2-7-13-17)18-14-8-3-9-15-18;;/h19-23,25-27,46H,1-18H3;16-18H,1-15H2;1H;/q;;;+2. The second kappa shape index (κ2) is 24.5. The van der Waals surface area contributed by atoms with Crippen LogP contribution in [-0.2, 0) is 50.7 Å². The maximum absolute atomic E-state index is 6.92. The summed E-state index contributed by atoms with van der Waals surface area (Å²) < 4.78 is 20.7. The van der Waals surface area contributed by atoms with Gasteiger partial charge in [-0.3, -0.25) is 13.6 Å². The molecule has 0 atom stereocenters. The van der Waals surface area contributed by atoms with E-state index in [9.17, 15) is 0 Å². The van der Waals surface area contributed by atoms with Gasteiger partial charge in [-0.25, -0.2) is 0 Å². The molecule has 0 heterocycles. The third-order valence-corrected chi connectivity index (χ3v) is 20.4. The van der Waals surface area contributed by atoms with Crippen molar-refractivity contribution in [2.24, 2.45) is 0 Å². The Labute approximate surface area is 430 Å². The first-order chi connectivity index (χ1) is 31.0. The van der Waals surface area contributed by atoms with Crippen LogP contribution in [0, 0.1) is 6.07 Å². The van der Waals surface area contributed by atoms with Gasteiger partial charge in [0.05, 0.1) is 22.7 Å². The van der Waals surface area contributed by atoms with Gasteiger partial charge in [-0.2, -0.15) is 17.7 Å². The van der Waals surface area contributed by atoms with Gasteiger partial charge in [-0.15, -0.1) is 11.6 Å². The second-order valence-electron chi connectivity index (χ2n) is 26.6. The molecule has 380 valence electrons. The fraction of sp³-hybridized carbons (Fsp3) is 0.700. The average molecular weight is 1070 g/mol. The van der Waals surface area contributed by atoms with Crippen molar-refractivity contribution in [3.63, 3.8) is 0 Å². The predicted molar refractivity (Wildman–Crippen MR) is 295 cm³/mol. The third-order valence-electron chi connectivity index (χ3n) is 14.7. The molecule has 0 saturated heterocycles. The van der Waals surface area contributed by atoms with Crippen molar-refractivity contribution in [2.45, 2.75) is 270 Å². The van der Waals surface area contributed by atoms with E-state index in [0.29, 0.717) is 5.75 Å². The number of rotatable bonds is 9. The minimum atomic E-state index is -2.42. The number of hydrogen-bond donors (Lipinski definition) is 0. The molecule has 0 aromatic heterocycles. The van der Waals surface area contributed by atoms with Crippen LogP contribution in [0.3, 0.4) is 0 Å². The molecule has 0 radical (unpaired) electrons. The second-order valence-corrected chi connectivity index (χ2v) is 31.2. The zero-order chi connectivity index (χ0) is 50.2. The quantitative estimate of drug-likeness (QED) is 0.121. The summed E-state index contributed by atoms with van der Waals surface area (Å²) in [5.74, 6) is 2.27. The molecular formula is C60H97ClO3P2Pd+2. The first-order valence-electron chi connectivity index (χ1n) is 26.3. The van der Waals surface area contributed by atoms with E-state index < -0.39 is 8.60 Å². The van der Waals surface area contributed by atoms with E-state index in [4.69, 9.17) is 13.6 Å². The summed E-state index contributed by atoms with van der Waals surface area (Å²) in [6.45, 7) is 40.2. The molecule has 3 saturated carbocycles. The molecule has 0 bridgehead atoms. The van der Waals surface area contributed by atoms with Crippen molar-refractivity contribution < 1.29 is 31.8 Å². The summed E-state index contributed by atoms with van der Waals surface area (Å²) in [7, 11) is 2.02. The van der Waals surface area contributed by atoms with E-state index in [1.54, 1.807) is 96.3 Å². The molecule has 0 aliphatic heterocycles. The van der Waals surface area contributed by atoms with E-state index in [0.717, 1.165) is 28.2 Å². The molecule has 3 aromatic carbocycles. The summed E-state index contributed by atoms with van der Waals surface area (Å²) in [6, 6.07) is 21.0. The average Bonchev–Trinajstić information content (AvgIpc) is 3.24. The van der Waals surface area contributed by atoms with E-state index in [1.165, 1.54) is 33.7 Å². The molecule has 3 nitrogen and oxygen atoms in total. The van der Waals surface area contributed by atoms with E-state index in [-0.39, 0.29) is 40.4 Å². The van der Waals surface area contributed by atoms with Crippen molar-refractivity contribution in [3.8, 4) is 17.2 Å². The van der Waals surface area contributed by atoms with Crippen LogP contribution in [0.1, 0.15) is 254 Å². The zero-order valence-corrected chi connectivity index (χ0v) is 50.2. The molecular weight excluding hydrogens is 972 g/mol. The van der Waals surface area contributed by atoms with Crippen molar-refractivity contribution in [1.29, 1.82) is 0 Å². The molecule has 7 heteroatoms. The van der Waals surface area contributed by atoms with Crippen LogP contribution >= 0.6 is 26.1 Å². The van der Waals surface area contributed by atoms with Crippen LogP contribution in [0.25, 0.3) is 0 Å². The van der Waals surface area contributed by atoms with Gasteiger partial charge in [0.2, 0.25) is 0 Å². The van der Waals surface area contributed by atoms with Crippen molar-refractivity contribution in [3.05, 3.63) is 88.0 Å². The number of benzene rings is 3.